The molecule has 0 spiro atoms. The van der Waals surface area contributed by atoms with Crippen molar-refractivity contribution in [3.8, 4) is 0 Å². The molecule has 0 heterocycles. The second-order valence-electron chi connectivity index (χ2n) is 9.86. The highest BCUT2D eigenvalue weighted by Gasteiger charge is 2.35. The minimum atomic E-state index is 0.431. The van der Waals surface area contributed by atoms with Crippen LogP contribution in [0.2, 0.25) is 0 Å². The molecule has 0 aliphatic heterocycles. The first-order valence-corrected chi connectivity index (χ1v) is 10.5. The minimum absolute atomic E-state index is 0.431. The predicted molar refractivity (Wildman–Crippen MR) is 107 cm³/mol. The maximum atomic E-state index is 6.19. The number of hydrogen-bond acceptors (Lipinski definition) is 2. The highest BCUT2D eigenvalue weighted by atomic mass is 16.5. The third-order valence-corrected chi connectivity index (χ3v) is 5.72. The van der Waals surface area contributed by atoms with Gasteiger partial charge in [-0.25, -0.2) is 0 Å². The van der Waals surface area contributed by atoms with Gasteiger partial charge in [0, 0.05) is 13.2 Å². The second-order valence-corrected chi connectivity index (χ2v) is 9.86. The molecule has 0 N–H and O–H groups in total. The van der Waals surface area contributed by atoms with Gasteiger partial charge in [0.1, 0.15) is 0 Å². The average molecular weight is 340 g/mol. The molecule has 1 saturated carbocycles. The summed E-state index contributed by atoms with van der Waals surface area (Å²) in [5.41, 5.74) is 0.894. The molecule has 1 aliphatic carbocycles. The molecule has 2 nitrogen and oxygen atoms in total. The predicted octanol–water partition coefficient (Wildman–Crippen LogP) is 6.15. The topological polar surface area (TPSA) is 12.5 Å². The normalized spacial score (nSPS) is 23.0. The molecular weight excluding hydrogens is 294 g/mol. The van der Waals surface area contributed by atoms with Crippen molar-refractivity contribution in [1.29, 1.82) is 0 Å². The van der Waals surface area contributed by atoms with Crippen molar-refractivity contribution in [3.05, 3.63) is 0 Å². The van der Waals surface area contributed by atoms with Crippen LogP contribution in [-0.2, 0) is 4.74 Å². The van der Waals surface area contributed by atoms with Gasteiger partial charge in [-0.3, -0.25) is 0 Å². The fourth-order valence-electron chi connectivity index (χ4n) is 4.80. The lowest BCUT2D eigenvalue weighted by molar-refractivity contribution is -0.00824. The third-order valence-electron chi connectivity index (χ3n) is 5.72. The quantitative estimate of drug-likeness (QED) is 0.443. The van der Waals surface area contributed by atoms with E-state index in [4.69, 9.17) is 4.74 Å². The number of hydrogen-bond donors (Lipinski definition) is 0. The standard InChI is InChI=1S/C22H45NO/c1-8-15-23(9-2)16-10-17-24-20-13-11-19(12-14-20)22(6,7)18-21(3,4)5/h19-20H,8-18H2,1-7H3. The number of ether oxygens (including phenoxy) is 1. The fraction of sp³-hybridized carbons (Fsp3) is 1.00. The maximum absolute atomic E-state index is 6.19. The van der Waals surface area contributed by atoms with Crippen molar-refractivity contribution in [3.63, 3.8) is 0 Å². The van der Waals surface area contributed by atoms with Gasteiger partial charge in [0.05, 0.1) is 6.10 Å². The Balaban J connectivity index is 2.24. The Labute approximate surface area is 152 Å². The van der Waals surface area contributed by atoms with Crippen LogP contribution in [0.1, 0.15) is 93.4 Å². The lowest BCUT2D eigenvalue weighted by Crippen LogP contribution is -2.34. The van der Waals surface area contributed by atoms with E-state index in [1.54, 1.807) is 0 Å². The molecule has 0 unspecified atom stereocenters. The minimum Gasteiger partial charge on any atom is -0.378 e. The van der Waals surface area contributed by atoms with E-state index in [-0.39, 0.29) is 0 Å². The van der Waals surface area contributed by atoms with Crippen LogP contribution in [0, 0.1) is 16.7 Å². The van der Waals surface area contributed by atoms with Crippen LogP contribution in [0.25, 0.3) is 0 Å². The SMILES string of the molecule is CCCN(CC)CCCOC1CCC(C(C)(C)CC(C)(C)C)CC1. The molecule has 0 amide bonds. The first-order chi connectivity index (χ1) is 11.2. The van der Waals surface area contributed by atoms with E-state index >= 15 is 0 Å². The molecule has 0 aromatic heterocycles. The zero-order valence-electron chi connectivity index (χ0n) is 17.8. The van der Waals surface area contributed by atoms with Crippen molar-refractivity contribution < 1.29 is 4.74 Å². The van der Waals surface area contributed by atoms with E-state index in [0.717, 1.165) is 12.5 Å². The first-order valence-electron chi connectivity index (χ1n) is 10.5. The van der Waals surface area contributed by atoms with E-state index in [1.807, 2.05) is 0 Å². The summed E-state index contributed by atoms with van der Waals surface area (Å²) >= 11 is 0. The highest BCUT2D eigenvalue weighted by Crippen LogP contribution is 2.45. The maximum Gasteiger partial charge on any atom is 0.0575 e. The third kappa shape index (κ3) is 8.34. The summed E-state index contributed by atoms with van der Waals surface area (Å²) in [6, 6.07) is 0. The van der Waals surface area contributed by atoms with Gasteiger partial charge in [0.15, 0.2) is 0 Å². The van der Waals surface area contributed by atoms with Crippen molar-refractivity contribution >= 4 is 0 Å². The Morgan fingerprint density at radius 1 is 0.917 bits per heavy atom. The van der Waals surface area contributed by atoms with Gasteiger partial charge in [-0.05, 0) is 74.8 Å². The first kappa shape index (κ1) is 22.0. The molecule has 0 aromatic rings. The zero-order chi connectivity index (χ0) is 18.2. The van der Waals surface area contributed by atoms with Gasteiger partial charge in [0.2, 0.25) is 0 Å². The van der Waals surface area contributed by atoms with Gasteiger partial charge in [-0.15, -0.1) is 0 Å². The summed E-state index contributed by atoms with van der Waals surface area (Å²) in [6.45, 7) is 21.2. The zero-order valence-corrected chi connectivity index (χ0v) is 17.8. The molecule has 0 atom stereocenters. The molecular formula is C22H45NO. The fourth-order valence-corrected chi connectivity index (χ4v) is 4.80. The Hall–Kier alpha value is -0.0800. The summed E-state index contributed by atoms with van der Waals surface area (Å²) in [5.74, 6) is 0.872. The summed E-state index contributed by atoms with van der Waals surface area (Å²) in [6.07, 6.45) is 9.52. The molecule has 1 aliphatic rings. The monoisotopic (exact) mass is 339 g/mol. The lowest BCUT2D eigenvalue weighted by atomic mass is 9.64. The second kappa shape index (κ2) is 10.2. The Morgan fingerprint density at radius 2 is 1.54 bits per heavy atom. The molecule has 1 fully saturated rings. The summed E-state index contributed by atoms with van der Waals surface area (Å²) in [5, 5.41) is 0. The van der Waals surface area contributed by atoms with Crippen LogP contribution in [0.15, 0.2) is 0 Å². The average Bonchev–Trinajstić information content (AvgIpc) is 2.48. The molecule has 144 valence electrons. The van der Waals surface area contributed by atoms with Gasteiger partial charge in [-0.1, -0.05) is 48.5 Å². The lowest BCUT2D eigenvalue weighted by Gasteiger charge is -2.42. The van der Waals surface area contributed by atoms with Gasteiger partial charge in [0.25, 0.3) is 0 Å². The largest absolute Gasteiger partial charge is 0.378 e. The van der Waals surface area contributed by atoms with Crippen LogP contribution in [-0.4, -0.2) is 37.2 Å². The smallest absolute Gasteiger partial charge is 0.0575 e. The van der Waals surface area contributed by atoms with Crippen molar-refractivity contribution in [2.75, 3.05) is 26.2 Å². The summed E-state index contributed by atoms with van der Waals surface area (Å²) in [4.78, 5) is 2.54. The van der Waals surface area contributed by atoms with Crippen LogP contribution in [0.3, 0.4) is 0 Å². The Bertz CT molecular complexity index is 323. The number of rotatable bonds is 10. The van der Waals surface area contributed by atoms with E-state index in [1.165, 1.54) is 64.6 Å². The van der Waals surface area contributed by atoms with Crippen molar-refractivity contribution in [2.24, 2.45) is 16.7 Å². The Kier molecular flexibility index (Phi) is 9.30. The van der Waals surface area contributed by atoms with E-state index in [9.17, 15) is 0 Å². The molecule has 0 saturated heterocycles. The molecule has 24 heavy (non-hydrogen) atoms. The van der Waals surface area contributed by atoms with Crippen LogP contribution >= 0.6 is 0 Å². The van der Waals surface area contributed by atoms with Crippen LogP contribution in [0.5, 0.6) is 0 Å². The van der Waals surface area contributed by atoms with E-state index in [2.05, 4.69) is 53.4 Å². The van der Waals surface area contributed by atoms with E-state index in [0.29, 0.717) is 16.9 Å². The van der Waals surface area contributed by atoms with Gasteiger partial charge < -0.3 is 9.64 Å². The van der Waals surface area contributed by atoms with E-state index < -0.39 is 0 Å². The van der Waals surface area contributed by atoms with Crippen molar-refractivity contribution in [1.82, 2.24) is 4.90 Å². The molecule has 2 heteroatoms. The van der Waals surface area contributed by atoms with Crippen LogP contribution < -0.4 is 0 Å². The molecule has 1 rings (SSSR count). The molecule has 0 aromatic carbocycles. The highest BCUT2D eigenvalue weighted by molar-refractivity contribution is 4.86. The summed E-state index contributed by atoms with van der Waals surface area (Å²) < 4.78 is 6.19. The summed E-state index contributed by atoms with van der Waals surface area (Å²) in [7, 11) is 0. The van der Waals surface area contributed by atoms with Gasteiger partial charge in [-0.2, -0.15) is 0 Å². The molecule has 0 radical (unpaired) electrons. The number of nitrogens with zero attached hydrogens (tertiary/aromatic N) is 1. The van der Waals surface area contributed by atoms with Crippen molar-refractivity contribution in [2.45, 2.75) is 99.5 Å². The molecule has 0 bridgehead atoms. The van der Waals surface area contributed by atoms with Crippen LogP contribution in [0.4, 0.5) is 0 Å². The van der Waals surface area contributed by atoms with Gasteiger partial charge >= 0.3 is 0 Å². The Morgan fingerprint density at radius 3 is 2.04 bits per heavy atom.